The predicted octanol–water partition coefficient (Wildman–Crippen LogP) is 2.82. The third kappa shape index (κ3) is 4.65. The van der Waals surface area contributed by atoms with E-state index in [4.69, 9.17) is 10.5 Å². The Balaban J connectivity index is 1.74. The Labute approximate surface area is 123 Å². The fourth-order valence-corrected chi connectivity index (χ4v) is 3.35. The number of aliphatic imine (C=N–C) groups is 1. The lowest BCUT2D eigenvalue weighted by molar-refractivity contribution is 0.0609. The van der Waals surface area contributed by atoms with Gasteiger partial charge in [-0.25, -0.2) is 0 Å². The van der Waals surface area contributed by atoms with Gasteiger partial charge < -0.3 is 15.8 Å². The quantitative estimate of drug-likeness (QED) is 0.428. The van der Waals surface area contributed by atoms with Crippen LogP contribution in [0.3, 0.4) is 0 Å². The molecule has 0 aromatic carbocycles. The fourth-order valence-electron chi connectivity index (χ4n) is 3.35. The van der Waals surface area contributed by atoms with Gasteiger partial charge in [-0.3, -0.25) is 4.99 Å². The Bertz CT molecular complexity index is 307. The Hall–Kier alpha value is -0.770. The van der Waals surface area contributed by atoms with Crippen molar-refractivity contribution < 1.29 is 4.74 Å². The van der Waals surface area contributed by atoms with Gasteiger partial charge >= 0.3 is 0 Å². The molecule has 116 valence electrons. The number of hydrogen-bond donors (Lipinski definition) is 2. The minimum Gasteiger partial charge on any atom is -0.382 e. The van der Waals surface area contributed by atoms with E-state index in [1.807, 2.05) is 0 Å². The van der Waals surface area contributed by atoms with Gasteiger partial charge in [0.1, 0.15) is 0 Å². The lowest BCUT2D eigenvalue weighted by Crippen LogP contribution is -2.42. The average Bonchev–Trinajstić information content (AvgIpc) is 2.42. The predicted molar refractivity (Wildman–Crippen MR) is 83.9 cm³/mol. The first-order valence-corrected chi connectivity index (χ1v) is 8.38. The van der Waals surface area contributed by atoms with Crippen LogP contribution < -0.4 is 11.1 Å². The molecular formula is C16H31N3O. The second-order valence-corrected chi connectivity index (χ2v) is 6.48. The summed E-state index contributed by atoms with van der Waals surface area (Å²) in [4.78, 5) is 4.62. The summed E-state index contributed by atoms with van der Waals surface area (Å²) < 4.78 is 5.50. The van der Waals surface area contributed by atoms with Crippen molar-refractivity contribution in [3.63, 3.8) is 0 Å². The number of nitrogens with one attached hydrogen (secondary N) is 1. The van der Waals surface area contributed by atoms with Crippen molar-refractivity contribution in [2.24, 2.45) is 16.1 Å². The van der Waals surface area contributed by atoms with Crippen LogP contribution in [-0.2, 0) is 4.74 Å². The smallest absolute Gasteiger partial charge is 0.188 e. The van der Waals surface area contributed by atoms with E-state index in [1.165, 1.54) is 51.4 Å². The Morgan fingerprint density at radius 2 is 2.00 bits per heavy atom. The first kappa shape index (κ1) is 15.6. The minimum absolute atomic E-state index is 0.369. The maximum atomic E-state index is 6.05. The van der Waals surface area contributed by atoms with Crippen molar-refractivity contribution in [3.05, 3.63) is 0 Å². The third-order valence-corrected chi connectivity index (χ3v) is 4.94. The molecule has 3 N–H and O–H groups in total. The topological polar surface area (TPSA) is 59.6 Å². The first-order chi connectivity index (χ1) is 9.74. The number of guanidine groups is 1. The van der Waals surface area contributed by atoms with E-state index in [-0.39, 0.29) is 0 Å². The maximum Gasteiger partial charge on any atom is 0.188 e. The highest BCUT2D eigenvalue weighted by atomic mass is 16.5. The molecule has 0 amide bonds. The third-order valence-electron chi connectivity index (χ3n) is 4.94. The molecule has 0 saturated heterocycles. The van der Waals surface area contributed by atoms with Gasteiger partial charge in [0.25, 0.3) is 0 Å². The Morgan fingerprint density at radius 1 is 1.25 bits per heavy atom. The van der Waals surface area contributed by atoms with Gasteiger partial charge in [-0.15, -0.1) is 0 Å². The molecule has 20 heavy (non-hydrogen) atoms. The highest BCUT2D eigenvalue weighted by Gasteiger charge is 2.36. The minimum atomic E-state index is 0.369. The van der Waals surface area contributed by atoms with E-state index in [0.29, 0.717) is 17.4 Å². The van der Waals surface area contributed by atoms with Crippen molar-refractivity contribution in [2.75, 3.05) is 19.8 Å². The van der Waals surface area contributed by atoms with E-state index < -0.39 is 0 Å². The summed E-state index contributed by atoms with van der Waals surface area (Å²) in [5.74, 6) is 0.652. The van der Waals surface area contributed by atoms with Crippen molar-refractivity contribution in [2.45, 2.75) is 70.8 Å². The van der Waals surface area contributed by atoms with Crippen LogP contribution in [0.5, 0.6) is 0 Å². The van der Waals surface area contributed by atoms with E-state index >= 15 is 0 Å². The van der Waals surface area contributed by atoms with Gasteiger partial charge in [-0.05, 0) is 44.4 Å². The molecule has 2 saturated carbocycles. The number of hydrogen-bond acceptors (Lipinski definition) is 2. The van der Waals surface area contributed by atoms with Crippen LogP contribution in [0.25, 0.3) is 0 Å². The van der Waals surface area contributed by atoms with E-state index in [9.17, 15) is 0 Å². The second-order valence-electron chi connectivity index (χ2n) is 6.48. The molecule has 2 rings (SSSR count). The molecule has 4 nitrogen and oxygen atoms in total. The number of nitrogens with zero attached hydrogens (tertiary/aromatic N) is 1. The van der Waals surface area contributed by atoms with E-state index in [0.717, 1.165) is 26.2 Å². The maximum absolute atomic E-state index is 6.05. The molecule has 0 atom stereocenters. The normalized spacial score (nSPS) is 23.4. The molecule has 0 aliphatic heterocycles. The van der Waals surface area contributed by atoms with Gasteiger partial charge in [0.15, 0.2) is 5.96 Å². The zero-order valence-corrected chi connectivity index (χ0v) is 13.0. The van der Waals surface area contributed by atoms with Gasteiger partial charge in [0.2, 0.25) is 0 Å². The van der Waals surface area contributed by atoms with Crippen LogP contribution in [0.15, 0.2) is 4.99 Å². The molecule has 0 aromatic rings. The standard InChI is InChI=1S/C16H31N3O/c1-2-20-12-11-16(9-6-10-16)13-18-15(17)19-14-7-4-3-5-8-14/h14H,2-13H2,1H3,(H3,17,18,19). The van der Waals surface area contributed by atoms with Crippen molar-refractivity contribution in [1.82, 2.24) is 5.32 Å². The molecule has 0 spiro atoms. The summed E-state index contributed by atoms with van der Waals surface area (Å²) in [7, 11) is 0. The fraction of sp³-hybridized carbons (Fsp3) is 0.938. The summed E-state index contributed by atoms with van der Waals surface area (Å²) in [5, 5.41) is 3.40. The van der Waals surface area contributed by atoms with Gasteiger partial charge in [0, 0.05) is 25.8 Å². The van der Waals surface area contributed by atoms with Crippen LogP contribution in [0.2, 0.25) is 0 Å². The Morgan fingerprint density at radius 3 is 2.60 bits per heavy atom. The first-order valence-electron chi connectivity index (χ1n) is 8.38. The highest BCUT2D eigenvalue weighted by molar-refractivity contribution is 5.78. The summed E-state index contributed by atoms with van der Waals surface area (Å²) in [6, 6.07) is 0.549. The summed E-state index contributed by atoms with van der Waals surface area (Å²) >= 11 is 0. The van der Waals surface area contributed by atoms with Crippen LogP contribution >= 0.6 is 0 Å². The van der Waals surface area contributed by atoms with Crippen LogP contribution in [0, 0.1) is 5.41 Å². The van der Waals surface area contributed by atoms with Crippen molar-refractivity contribution in [1.29, 1.82) is 0 Å². The van der Waals surface area contributed by atoms with E-state index in [1.54, 1.807) is 0 Å². The molecule has 2 fully saturated rings. The molecule has 4 heteroatoms. The summed E-state index contributed by atoms with van der Waals surface area (Å²) in [5.41, 5.74) is 6.42. The molecule has 0 bridgehead atoms. The lowest BCUT2D eigenvalue weighted by Gasteiger charge is -2.41. The number of ether oxygens (including phenoxy) is 1. The lowest BCUT2D eigenvalue weighted by atomic mass is 9.67. The average molecular weight is 281 g/mol. The van der Waals surface area contributed by atoms with Gasteiger partial charge in [-0.2, -0.15) is 0 Å². The van der Waals surface area contributed by atoms with Crippen molar-refractivity contribution in [3.8, 4) is 0 Å². The molecule has 0 unspecified atom stereocenters. The summed E-state index contributed by atoms with van der Waals surface area (Å²) in [6.45, 7) is 4.59. The van der Waals surface area contributed by atoms with Gasteiger partial charge in [-0.1, -0.05) is 25.7 Å². The van der Waals surface area contributed by atoms with Crippen molar-refractivity contribution >= 4 is 5.96 Å². The van der Waals surface area contributed by atoms with Gasteiger partial charge in [0.05, 0.1) is 0 Å². The molecule has 0 radical (unpaired) electrons. The molecular weight excluding hydrogens is 250 g/mol. The van der Waals surface area contributed by atoms with E-state index in [2.05, 4.69) is 17.2 Å². The largest absolute Gasteiger partial charge is 0.382 e. The highest BCUT2D eigenvalue weighted by Crippen LogP contribution is 2.44. The zero-order chi connectivity index (χ0) is 14.3. The Kier molecular flexibility index (Phi) is 6.14. The number of rotatable bonds is 7. The van der Waals surface area contributed by atoms with Crippen LogP contribution in [0.4, 0.5) is 0 Å². The van der Waals surface area contributed by atoms with Crippen LogP contribution in [0.1, 0.15) is 64.7 Å². The van der Waals surface area contributed by atoms with Crippen LogP contribution in [-0.4, -0.2) is 31.8 Å². The SMILES string of the molecule is CCOCCC1(CN=C(N)NC2CCCCC2)CCC1. The molecule has 2 aliphatic rings. The second kappa shape index (κ2) is 7.87. The molecule has 2 aliphatic carbocycles. The molecule has 0 aromatic heterocycles. The monoisotopic (exact) mass is 281 g/mol. The number of nitrogens with two attached hydrogens (primary N) is 1. The zero-order valence-electron chi connectivity index (χ0n) is 13.0. The summed E-state index contributed by atoms with van der Waals surface area (Å²) in [6.07, 6.45) is 11.5. The molecule has 0 heterocycles.